The summed E-state index contributed by atoms with van der Waals surface area (Å²) < 4.78 is 17.8. The van der Waals surface area contributed by atoms with Crippen LogP contribution in [-0.2, 0) is 30.0 Å². The number of terminal acetylenes is 1. The highest BCUT2D eigenvalue weighted by molar-refractivity contribution is 8.03. The molecule has 2 aliphatic rings. The molecule has 0 saturated carbocycles. The SMILES string of the molecule is C#CC#CC#COC(=O)c1ccc2sc(/C=C/C3=C(N(c4ccccc4)c4ccccc4)C(=C/C=C4\Sc5ccc(C(C)=O)cc5N4CCC(C)SOOO)/CC3)[n+](CCC(C)SOOO)c2c1. The fraction of sp³-hybridized carbons (Fsp3) is 0.212. The van der Waals surface area contributed by atoms with Gasteiger partial charge in [-0.15, -0.1) is 15.1 Å². The van der Waals surface area contributed by atoms with Crippen LogP contribution >= 0.6 is 47.2 Å². The zero-order valence-corrected chi connectivity index (χ0v) is 40.5. The molecule has 0 radical (unpaired) electrons. The first-order chi connectivity index (χ1) is 33.2. The standard InChI is InChI=1S/C52H45N3O9S4/c1-5-6-7-14-33-60-52(57)42-22-26-48-46(35-42)54(32-30-37(3)68-64-62-59)50(66-48)28-24-40-20-19-39(51(40)55(43-15-10-8-11-16-43)44-17-12-9-13-18-44)23-27-49-53(31-29-36(2)67-63-61-58)45-34-41(38(4)56)21-25-47(45)65-49/h1,8-13,15-18,21-28,34-37H,19-20,29-32H2,2-4H3,(H-,58,59)/p+1. The van der Waals surface area contributed by atoms with Crippen LogP contribution < -0.4 is 14.4 Å². The van der Waals surface area contributed by atoms with E-state index in [1.165, 1.54) is 0 Å². The molecule has 5 aromatic rings. The summed E-state index contributed by atoms with van der Waals surface area (Å²) in [4.78, 5) is 31.2. The summed E-state index contributed by atoms with van der Waals surface area (Å²) in [5.74, 6) is 8.76. The zero-order valence-electron chi connectivity index (χ0n) is 37.2. The number of hydrogen-bond donors (Lipinski definition) is 2. The highest BCUT2D eigenvalue weighted by Crippen LogP contribution is 2.48. The minimum atomic E-state index is -0.619. The maximum absolute atomic E-state index is 13.1. The first-order valence-electron chi connectivity index (χ1n) is 21.4. The van der Waals surface area contributed by atoms with E-state index < -0.39 is 5.97 Å². The Kier molecular flexibility index (Phi) is 18.2. The lowest BCUT2D eigenvalue weighted by Crippen LogP contribution is -2.36. The fourth-order valence-electron chi connectivity index (χ4n) is 7.60. The quantitative estimate of drug-likeness (QED) is 0.0146. The fourth-order valence-corrected chi connectivity index (χ4v) is 10.5. The third-order valence-electron chi connectivity index (χ3n) is 10.9. The van der Waals surface area contributed by atoms with Crippen molar-refractivity contribution in [2.75, 3.05) is 16.3 Å². The number of ether oxygens (including phenoxy) is 1. The van der Waals surface area contributed by atoms with Crippen molar-refractivity contribution < 1.29 is 48.2 Å². The van der Waals surface area contributed by atoms with Crippen LogP contribution in [0.25, 0.3) is 16.3 Å². The number of para-hydroxylation sites is 2. The monoisotopic (exact) mass is 984 g/mol. The summed E-state index contributed by atoms with van der Waals surface area (Å²) in [7, 11) is 0. The third kappa shape index (κ3) is 12.7. The molecule has 0 amide bonds. The number of aromatic nitrogens is 1. The molecule has 2 N–H and O–H groups in total. The predicted octanol–water partition coefficient (Wildman–Crippen LogP) is 12.1. The number of carbonyl (C=O) groups is 2. The van der Waals surface area contributed by atoms with Gasteiger partial charge in [0.25, 0.3) is 5.01 Å². The van der Waals surface area contributed by atoms with E-state index in [2.05, 4.69) is 103 Å². The number of carbonyl (C=O) groups excluding carboxylic acids is 2. The van der Waals surface area contributed by atoms with E-state index in [-0.39, 0.29) is 16.3 Å². The Hall–Kier alpha value is -6.04. The summed E-state index contributed by atoms with van der Waals surface area (Å²) in [6, 6.07) is 31.9. The van der Waals surface area contributed by atoms with Crippen LogP contribution in [0, 0.1) is 36.2 Å². The molecule has 16 heteroatoms. The Morgan fingerprint density at radius 2 is 1.54 bits per heavy atom. The van der Waals surface area contributed by atoms with Gasteiger partial charge in [0.05, 0.1) is 22.0 Å². The van der Waals surface area contributed by atoms with Gasteiger partial charge in [-0.3, -0.25) is 4.79 Å². The number of fused-ring (bicyclic) bond motifs is 2. The van der Waals surface area contributed by atoms with Crippen molar-refractivity contribution >= 4 is 92.3 Å². The van der Waals surface area contributed by atoms with Crippen molar-refractivity contribution in [2.24, 2.45) is 0 Å². The number of nitrogens with zero attached hydrogens (tertiary/aromatic N) is 3. The Bertz CT molecular complexity index is 2880. The highest BCUT2D eigenvalue weighted by Gasteiger charge is 2.30. The second kappa shape index (κ2) is 24.8. The molecule has 1 aromatic heterocycles. The van der Waals surface area contributed by atoms with Crippen molar-refractivity contribution in [2.45, 2.75) is 68.4 Å². The topological polar surface area (TPSA) is 131 Å². The van der Waals surface area contributed by atoms with Gasteiger partial charge in [0.2, 0.25) is 5.52 Å². The van der Waals surface area contributed by atoms with E-state index in [4.69, 9.17) is 30.3 Å². The highest BCUT2D eigenvalue weighted by atomic mass is 32.2. The van der Waals surface area contributed by atoms with E-state index in [1.807, 2.05) is 74.5 Å². The summed E-state index contributed by atoms with van der Waals surface area (Å²) in [5, 5.41) is 27.2. The van der Waals surface area contributed by atoms with Crippen molar-refractivity contribution in [3.63, 3.8) is 0 Å². The third-order valence-corrected chi connectivity index (χ3v) is 14.5. The van der Waals surface area contributed by atoms with Crippen molar-refractivity contribution in [3.05, 3.63) is 153 Å². The minimum absolute atomic E-state index is 0.00323. The molecular weight excluding hydrogens is 939 g/mol. The van der Waals surface area contributed by atoms with Crippen LogP contribution in [0.1, 0.15) is 72.2 Å². The number of hydrogen-bond acceptors (Lipinski definition) is 15. The van der Waals surface area contributed by atoms with Gasteiger partial charge in [-0.05, 0) is 110 Å². The number of ketones is 1. The molecule has 0 saturated heterocycles. The van der Waals surface area contributed by atoms with Crippen molar-refractivity contribution in [1.29, 1.82) is 0 Å². The second-order valence-electron chi connectivity index (χ2n) is 15.4. The molecule has 12 nitrogen and oxygen atoms in total. The molecule has 0 bridgehead atoms. The Balaban J connectivity index is 1.32. The van der Waals surface area contributed by atoms with Gasteiger partial charge >= 0.3 is 5.97 Å². The van der Waals surface area contributed by atoms with Crippen LogP contribution in [0.15, 0.2) is 142 Å². The molecule has 2 heterocycles. The van der Waals surface area contributed by atoms with Gasteiger partial charge in [0.15, 0.2) is 12.3 Å². The molecule has 0 fully saturated rings. The van der Waals surface area contributed by atoms with E-state index in [1.54, 1.807) is 42.2 Å². The van der Waals surface area contributed by atoms with Crippen LogP contribution in [-0.4, -0.2) is 39.3 Å². The number of anilines is 3. The summed E-state index contributed by atoms with van der Waals surface area (Å²) in [6.45, 7) is 6.72. The van der Waals surface area contributed by atoms with Crippen LogP contribution in [0.5, 0.6) is 0 Å². The molecule has 1 aliphatic carbocycles. The molecule has 2 atom stereocenters. The van der Waals surface area contributed by atoms with Gasteiger partial charge in [0.1, 0.15) is 10.8 Å². The number of rotatable bonds is 20. The molecule has 346 valence electrons. The summed E-state index contributed by atoms with van der Waals surface area (Å²) in [6.07, 6.45) is 19.0. The average Bonchev–Trinajstić information content (AvgIpc) is 4.04. The predicted molar refractivity (Wildman–Crippen MR) is 271 cm³/mol. The summed E-state index contributed by atoms with van der Waals surface area (Å²) in [5.41, 5.74) is 8.10. The van der Waals surface area contributed by atoms with Gasteiger partial charge < -0.3 is 14.5 Å². The number of Topliss-reactive ketones (excluding diaryl/α,β-unsaturated/α-hetero) is 1. The molecule has 4 aromatic carbocycles. The lowest BCUT2D eigenvalue weighted by molar-refractivity contribution is -0.669. The number of aryl methyl sites for hydroxylation is 1. The maximum Gasteiger partial charge on any atom is 0.352 e. The number of benzene rings is 4. The summed E-state index contributed by atoms with van der Waals surface area (Å²) >= 11 is 5.31. The molecular formula is C52H46N3O9S4+. The maximum atomic E-state index is 13.1. The number of thiazole rings is 1. The Morgan fingerprint density at radius 3 is 2.22 bits per heavy atom. The minimum Gasteiger partial charge on any atom is -0.367 e. The second-order valence-corrected chi connectivity index (χ2v) is 19.8. The van der Waals surface area contributed by atoms with Crippen molar-refractivity contribution in [1.82, 2.24) is 0 Å². The normalized spacial score (nSPS) is 15.2. The first kappa shape index (κ1) is 49.9. The van der Waals surface area contributed by atoms with Gasteiger partial charge in [0, 0.05) is 93.4 Å². The molecule has 0 spiro atoms. The van der Waals surface area contributed by atoms with Gasteiger partial charge in [-0.1, -0.05) is 95.6 Å². The Labute approximate surface area is 412 Å². The van der Waals surface area contributed by atoms with Gasteiger partial charge in [-0.2, -0.15) is 4.57 Å². The van der Waals surface area contributed by atoms with Crippen molar-refractivity contribution in [3.8, 4) is 36.2 Å². The smallest absolute Gasteiger partial charge is 0.352 e. The number of allylic oxidation sites excluding steroid dienone is 5. The zero-order chi connectivity index (χ0) is 47.8. The van der Waals surface area contributed by atoms with E-state index >= 15 is 0 Å². The van der Waals surface area contributed by atoms with Gasteiger partial charge in [-0.25, -0.2) is 15.3 Å². The number of thioether (sulfide) groups is 1. The molecule has 7 rings (SSSR count). The van der Waals surface area contributed by atoms with Crippen LogP contribution in [0.3, 0.4) is 0 Å². The van der Waals surface area contributed by atoms with E-state index in [0.29, 0.717) is 37.1 Å². The Morgan fingerprint density at radius 1 is 0.853 bits per heavy atom. The van der Waals surface area contributed by atoms with Crippen LogP contribution in [0.2, 0.25) is 0 Å². The average molecular weight is 985 g/mol. The van der Waals surface area contributed by atoms with Crippen LogP contribution in [0.4, 0.5) is 17.1 Å². The van der Waals surface area contributed by atoms with E-state index in [9.17, 15) is 9.59 Å². The first-order valence-corrected chi connectivity index (χ1v) is 24.7. The molecule has 68 heavy (non-hydrogen) atoms. The van der Waals surface area contributed by atoms with E-state index in [0.717, 1.165) is 96.0 Å². The number of esters is 1. The molecule has 2 unspecified atom stereocenters. The lowest BCUT2D eigenvalue weighted by atomic mass is 10.1. The largest absolute Gasteiger partial charge is 0.367 e. The molecule has 1 aliphatic heterocycles. The lowest BCUT2D eigenvalue weighted by Gasteiger charge is -2.28.